The molecule has 0 saturated heterocycles. The largest absolute Gasteiger partial charge is 0.479 e. The van der Waals surface area contributed by atoms with Crippen molar-refractivity contribution in [2.45, 2.75) is 12.5 Å². The summed E-state index contributed by atoms with van der Waals surface area (Å²) in [5.41, 5.74) is 1.56. The molecule has 1 aliphatic heterocycles. The van der Waals surface area contributed by atoms with Gasteiger partial charge in [0.05, 0.1) is 12.2 Å². The van der Waals surface area contributed by atoms with Crippen LogP contribution in [0.15, 0.2) is 48.5 Å². The third-order valence-electron chi connectivity index (χ3n) is 3.26. The molecule has 0 saturated carbocycles. The Morgan fingerprint density at radius 2 is 2.10 bits per heavy atom. The Bertz CT molecular complexity index is 642. The SMILES string of the molecule is O=C(Cc1cccc(F)c1)C1CNc2ccccc2O1. The number of carbonyl (C=O) groups excluding carboxylic acids is 1. The van der Waals surface area contributed by atoms with E-state index in [0.717, 1.165) is 5.69 Å². The van der Waals surface area contributed by atoms with Crippen molar-refractivity contribution in [1.29, 1.82) is 0 Å². The van der Waals surface area contributed by atoms with Crippen LogP contribution < -0.4 is 10.1 Å². The lowest BCUT2D eigenvalue weighted by atomic mass is 10.0. The van der Waals surface area contributed by atoms with E-state index in [-0.39, 0.29) is 18.0 Å². The zero-order valence-electron chi connectivity index (χ0n) is 10.8. The van der Waals surface area contributed by atoms with Crippen molar-refractivity contribution >= 4 is 11.5 Å². The van der Waals surface area contributed by atoms with E-state index in [4.69, 9.17) is 4.74 Å². The number of ketones is 1. The number of carbonyl (C=O) groups is 1. The predicted molar refractivity (Wildman–Crippen MR) is 74.5 cm³/mol. The lowest BCUT2D eigenvalue weighted by Crippen LogP contribution is -2.38. The molecule has 2 aromatic carbocycles. The highest BCUT2D eigenvalue weighted by molar-refractivity contribution is 5.87. The Kier molecular flexibility index (Phi) is 3.37. The van der Waals surface area contributed by atoms with E-state index < -0.39 is 6.10 Å². The van der Waals surface area contributed by atoms with Gasteiger partial charge >= 0.3 is 0 Å². The average molecular weight is 271 g/mol. The summed E-state index contributed by atoms with van der Waals surface area (Å²) in [6, 6.07) is 13.6. The summed E-state index contributed by atoms with van der Waals surface area (Å²) in [7, 11) is 0. The Morgan fingerprint density at radius 3 is 2.95 bits per heavy atom. The van der Waals surface area contributed by atoms with Gasteiger partial charge in [-0.15, -0.1) is 0 Å². The summed E-state index contributed by atoms with van der Waals surface area (Å²) in [6.45, 7) is 0.436. The summed E-state index contributed by atoms with van der Waals surface area (Å²) in [5, 5.41) is 3.17. The van der Waals surface area contributed by atoms with E-state index >= 15 is 0 Å². The predicted octanol–water partition coefficient (Wildman–Crippen LogP) is 2.81. The summed E-state index contributed by atoms with van der Waals surface area (Å²) in [5.74, 6) is 0.289. The number of anilines is 1. The van der Waals surface area contributed by atoms with Gasteiger partial charge in [0, 0.05) is 6.42 Å². The number of nitrogens with one attached hydrogen (secondary N) is 1. The van der Waals surface area contributed by atoms with Crippen molar-refractivity contribution in [2.24, 2.45) is 0 Å². The van der Waals surface area contributed by atoms with E-state index in [2.05, 4.69) is 5.32 Å². The molecule has 102 valence electrons. The van der Waals surface area contributed by atoms with Gasteiger partial charge in [0.1, 0.15) is 11.6 Å². The minimum absolute atomic E-state index is 0.0578. The Labute approximate surface area is 116 Å². The van der Waals surface area contributed by atoms with Gasteiger partial charge in [0.15, 0.2) is 11.9 Å². The number of ether oxygens (including phenoxy) is 1. The van der Waals surface area contributed by atoms with E-state index in [0.29, 0.717) is 17.9 Å². The van der Waals surface area contributed by atoms with Crippen LogP contribution in [0, 0.1) is 5.82 Å². The molecular formula is C16H14FNO2. The van der Waals surface area contributed by atoms with E-state index in [1.165, 1.54) is 12.1 Å². The summed E-state index contributed by atoms with van der Waals surface area (Å²) >= 11 is 0. The molecule has 0 radical (unpaired) electrons. The minimum atomic E-state index is -0.534. The number of Topliss-reactive ketones (excluding diaryl/α,β-unsaturated/α-hetero) is 1. The molecule has 3 nitrogen and oxygen atoms in total. The van der Waals surface area contributed by atoms with Crippen LogP contribution in [0.4, 0.5) is 10.1 Å². The van der Waals surface area contributed by atoms with Crippen LogP contribution in [0.2, 0.25) is 0 Å². The number of fused-ring (bicyclic) bond motifs is 1. The molecule has 0 fully saturated rings. The third kappa shape index (κ3) is 2.64. The number of hydrogen-bond acceptors (Lipinski definition) is 3. The third-order valence-corrected chi connectivity index (χ3v) is 3.26. The molecule has 3 rings (SSSR count). The maximum Gasteiger partial charge on any atom is 0.179 e. The van der Waals surface area contributed by atoms with Crippen molar-refractivity contribution in [3.05, 3.63) is 59.9 Å². The molecular weight excluding hydrogens is 257 g/mol. The number of halogens is 1. The lowest BCUT2D eigenvalue weighted by Gasteiger charge is -2.26. The summed E-state index contributed by atoms with van der Waals surface area (Å²) in [6.07, 6.45) is -0.361. The van der Waals surface area contributed by atoms with Crippen LogP contribution in [0.5, 0.6) is 5.75 Å². The van der Waals surface area contributed by atoms with E-state index in [1.807, 2.05) is 24.3 Å². The Balaban J connectivity index is 1.70. The molecule has 0 aliphatic carbocycles. The molecule has 1 N–H and O–H groups in total. The summed E-state index contributed by atoms with van der Waals surface area (Å²) in [4.78, 5) is 12.2. The lowest BCUT2D eigenvalue weighted by molar-refractivity contribution is -0.124. The molecule has 0 amide bonds. The second kappa shape index (κ2) is 5.33. The fourth-order valence-electron chi connectivity index (χ4n) is 2.25. The van der Waals surface area contributed by atoms with Crippen LogP contribution in [0.25, 0.3) is 0 Å². The van der Waals surface area contributed by atoms with Crippen LogP contribution in [-0.2, 0) is 11.2 Å². The quantitative estimate of drug-likeness (QED) is 0.933. The number of para-hydroxylation sites is 2. The molecule has 4 heteroatoms. The van der Waals surface area contributed by atoms with Gasteiger partial charge < -0.3 is 10.1 Å². The first-order chi connectivity index (χ1) is 9.72. The fourth-order valence-corrected chi connectivity index (χ4v) is 2.25. The maximum atomic E-state index is 13.1. The van der Waals surface area contributed by atoms with Crippen LogP contribution in [0.3, 0.4) is 0 Å². The Hall–Kier alpha value is -2.36. The molecule has 1 unspecified atom stereocenters. The number of rotatable bonds is 3. The zero-order chi connectivity index (χ0) is 13.9. The first-order valence-corrected chi connectivity index (χ1v) is 6.49. The van der Waals surface area contributed by atoms with Gasteiger partial charge in [0.25, 0.3) is 0 Å². The monoisotopic (exact) mass is 271 g/mol. The van der Waals surface area contributed by atoms with Crippen LogP contribution >= 0.6 is 0 Å². The minimum Gasteiger partial charge on any atom is -0.479 e. The van der Waals surface area contributed by atoms with Gasteiger partial charge in [-0.25, -0.2) is 4.39 Å². The molecule has 2 aromatic rings. The Morgan fingerprint density at radius 1 is 1.25 bits per heavy atom. The first-order valence-electron chi connectivity index (χ1n) is 6.49. The average Bonchev–Trinajstić information content (AvgIpc) is 2.47. The zero-order valence-corrected chi connectivity index (χ0v) is 10.8. The van der Waals surface area contributed by atoms with Crippen molar-refractivity contribution in [2.75, 3.05) is 11.9 Å². The first kappa shape index (κ1) is 12.7. The smallest absolute Gasteiger partial charge is 0.179 e. The normalized spacial score (nSPS) is 16.8. The topological polar surface area (TPSA) is 38.3 Å². The molecule has 1 heterocycles. The van der Waals surface area contributed by atoms with Crippen LogP contribution in [0.1, 0.15) is 5.56 Å². The maximum absolute atomic E-state index is 13.1. The molecule has 1 aliphatic rings. The van der Waals surface area contributed by atoms with Gasteiger partial charge in [-0.2, -0.15) is 0 Å². The van der Waals surface area contributed by atoms with Crippen molar-refractivity contribution in [1.82, 2.24) is 0 Å². The second-order valence-corrected chi connectivity index (χ2v) is 4.76. The molecule has 20 heavy (non-hydrogen) atoms. The second-order valence-electron chi connectivity index (χ2n) is 4.76. The molecule has 0 bridgehead atoms. The number of benzene rings is 2. The standard InChI is InChI=1S/C16H14FNO2/c17-12-5-3-4-11(8-12)9-14(19)16-10-18-13-6-1-2-7-15(13)20-16/h1-8,16,18H,9-10H2. The molecule has 0 spiro atoms. The fraction of sp³-hybridized carbons (Fsp3) is 0.188. The van der Waals surface area contributed by atoms with Gasteiger partial charge in [0.2, 0.25) is 0 Å². The highest BCUT2D eigenvalue weighted by Crippen LogP contribution is 2.28. The number of hydrogen-bond donors (Lipinski definition) is 1. The van der Waals surface area contributed by atoms with E-state index in [9.17, 15) is 9.18 Å². The highest BCUT2D eigenvalue weighted by Gasteiger charge is 2.25. The highest BCUT2D eigenvalue weighted by atomic mass is 19.1. The van der Waals surface area contributed by atoms with Crippen LogP contribution in [-0.4, -0.2) is 18.4 Å². The van der Waals surface area contributed by atoms with Gasteiger partial charge in [-0.1, -0.05) is 24.3 Å². The van der Waals surface area contributed by atoms with Gasteiger partial charge in [-0.3, -0.25) is 4.79 Å². The van der Waals surface area contributed by atoms with Crippen molar-refractivity contribution in [3.63, 3.8) is 0 Å². The molecule has 0 aromatic heterocycles. The molecule has 1 atom stereocenters. The van der Waals surface area contributed by atoms with Gasteiger partial charge in [-0.05, 0) is 29.8 Å². The van der Waals surface area contributed by atoms with Crippen molar-refractivity contribution in [3.8, 4) is 5.75 Å². The van der Waals surface area contributed by atoms with Crippen molar-refractivity contribution < 1.29 is 13.9 Å². The summed E-state index contributed by atoms with van der Waals surface area (Å²) < 4.78 is 18.8. The van der Waals surface area contributed by atoms with E-state index in [1.54, 1.807) is 12.1 Å².